The maximum absolute atomic E-state index is 13.1. The molecule has 2 aromatic carbocycles. The van der Waals surface area contributed by atoms with E-state index in [4.69, 9.17) is 9.72 Å². The second kappa shape index (κ2) is 15.3. The Kier molecular flexibility index (Phi) is 11.2. The summed E-state index contributed by atoms with van der Waals surface area (Å²) in [6.45, 7) is 13.6. The van der Waals surface area contributed by atoms with Crippen molar-refractivity contribution in [2.45, 2.75) is 76.4 Å². The van der Waals surface area contributed by atoms with Gasteiger partial charge in [0.1, 0.15) is 5.75 Å². The fraction of sp³-hybridized carbons (Fsp3) is 0.486. The zero-order chi connectivity index (χ0) is 34.4. The average Bonchev–Trinajstić information content (AvgIpc) is 3.54. The number of para-hydroxylation sites is 1. The number of nitrogens with one attached hydrogen (secondary N) is 2. The molecule has 0 aliphatic carbocycles. The minimum Gasteiger partial charge on any atom is -0.495 e. The number of anilines is 4. The Morgan fingerprint density at radius 1 is 1.02 bits per heavy atom. The number of aromatic nitrogens is 4. The number of benzene rings is 2. The van der Waals surface area contributed by atoms with Gasteiger partial charge in [0.05, 0.1) is 41.4 Å². The summed E-state index contributed by atoms with van der Waals surface area (Å²) < 4.78 is 33.6. The lowest BCUT2D eigenvalue weighted by molar-refractivity contribution is -0.133. The number of ether oxygens (including phenoxy) is 1. The van der Waals surface area contributed by atoms with Crippen molar-refractivity contribution < 1.29 is 17.9 Å². The maximum atomic E-state index is 13.1. The van der Waals surface area contributed by atoms with Crippen molar-refractivity contribution in [3.05, 3.63) is 59.8 Å². The van der Waals surface area contributed by atoms with Crippen LogP contribution in [-0.4, -0.2) is 88.8 Å². The number of hydrogen-bond acceptors (Lipinski definition) is 10. The summed E-state index contributed by atoms with van der Waals surface area (Å²) in [6, 6.07) is 12.6. The van der Waals surface area contributed by atoms with E-state index in [1.54, 1.807) is 57.5 Å². The van der Waals surface area contributed by atoms with Gasteiger partial charge in [0.25, 0.3) is 0 Å². The van der Waals surface area contributed by atoms with Crippen LogP contribution in [0.3, 0.4) is 0 Å². The SMILES string of the molecule is CCCN(CCC)CC(=O)N1CCC(c2cc(OC)c(Nc3nc(Nc4ccccc4S(=O)(=O)C(C)C)n4nccc4n3)cc2C)CC1. The van der Waals surface area contributed by atoms with Crippen LogP contribution in [0.5, 0.6) is 5.75 Å². The first-order chi connectivity index (χ1) is 23.0. The highest BCUT2D eigenvalue weighted by Crippen LogP contribution is 2.37. The fourth-order valence-electron chi connectivity index (χ4n) is 6.32. The van der Waals surface area contributed by atoms with Crippen molar-refractivity contribution >= 4 is 44.7 Å². The summed E-state index contributed by atoms with van der Waals surface area (Å²) in [7, 11) is -1.92. The Bertz CT molecular complexity index is 1830. The number of carbonyl (C=O) groups excluding carboxylic acids is 1. The van der Waals surface area contributed by atoms with Crippen LogP contribution in [0.1, 0.15) is 70.4 Å². The van der Waals surface area contributed by atoms with E-state index in [2.05, 4.69) is 52.5 Å². The van der Waals surface area contributed by atoms with Gasteiger partial charge < -0.3 is 20.3 Å². The van der Waals surface area contributed by atoms with Crippen LogP contribution in [0.2, 0.25) is 0 Å². The predicted molar refractivity (Wildman–Crippen MR) is 189 cm³/mol. The van der Waals surface area contributed by atoms with Crippen LogP contribution in [0, 0.1) is 6.92 Å². The fourth-order valence-corrected chi connectivity index (χ4v) is 7.52. The van der Waals surface area contributed by atoms with E-state index in [0.29, 0.717) is 47.1 Å². The van der Waals surface area contributed by atoms with E-state index >= 15 is 0 Å². The third kappa shape index (κ3) is 7.73. The number of nitrogens with zero attached hydrogens (tertiary/aromatic N) is 6. The number of rotatable bonds is 14. The molecule has 0 atom stereocenters. The van der Waals surface area contributed by atoms with E-state index in [0.717, 1.165) is 57.4 Å². The van der Waals surface area contributed by atoms with Crippen molar-refractivity contribution in [2.75, 3.05) is 50.5 Å². The zero-order valence-corrected chi connectivity index (χ0v) is 29.7. The van der Waals surface area contributed by atoms with Gasteiger partial charge in [-0.15, -0.1) is 0 Å². The molecule has 1 aliphatic rings. The van der Waals surface area contributed by atoms with E-state index in [1.807, 2.05) is 11.0 Å². The molecule has 1 saturated heterocycles. The third-order valence-corrected chi connectivity index (χ3v) is 11.1. The lowest BCUT2D eigenvalue weighted by Gasteiger charge is -2.34. The summed E-state index contributed by atoms with van der Waals surface area (Å²) in [6.07, 6.45) is 5.50. The molecule has 258 valence electrons. The summed E-state index contributed by atoms with van der Waals surface area (Å²) in [5, 5.41) is 10.3. The molecule has 2 aromatic heterocycles. The molecule has 0 bridgehead atoms. The molecule has 0 spiro atoms. The summed E-state index contributed by atoms with van der Waals surface area (Å²) in [5.41, 5.74) is 3.95. The van der Waals surface area contributed by atoms with Crippen LogP contribution >= 0.6 is 0 Å². The average molecular weight is 677 g/mol. The Morgan fingerprint density at radius 3 is 2.40 bits per heavy atom. The van der Waals surface area contributed by atoms with Crippen molar-refractivity contribution in [3.8, 4) is 5.75 Å². The molecule has 12 nitrogen and oxygen atoms in total. The molecule has 48 heavy (non-hydrogen) atoms. The predicted octanol–water partition coefficient (Wildman–Crippen LogP) is 5.94. The minimum absolute atomic E-state index is 0.187. The van der Waals surface area contributed by atoms with Gasteiger partial charge in [0.2, 0.25) is 17.8 Å². The number of methoxy groups -OCH3 is 1. The standard InChI is InChI=1S/C35H48N8O4S/c1-7-17-41(18-8-2)23-33(44)42-19-14-26(15-20-42)27-22-30(47-6)29(21-25(27)5)37-34-39-32-13-16-36-43(32)35(40-34)38-28-11-9-10-12-31(28)48(45,46)24(3)4/h9-13,16,21-22,24,26H,7-8,14-15,17-20,23H2,1-6H3,(H2,37,38,39,40). The smallest absolute Gasteiger partial charge is 0.236 e. The third-order valence-electron chi connectivity index (χ3n) is 8.88. The first-order valence-electron chi connectivity index (χ1n) is 16.8. The molecule has 1 amide bonds. The molecule has 5 rings (SSSR count). The highest BCUT2D eigenvalue weighted by molar-refractivity contribution is 7.92. The summed E-state index contributed by atoms with van der Waals surface area (Å²) in [4.78, 5) is 26.9. The van der Waals surface area contributed by atoms with Gasteiger partial charge in [-0.2, -0.15) is 19.6 Å². The molecule has 0 saturated carbocycles. The molecule has 0 radical (unpaired) electrons. The normalized spacial score (nSPS) is 14.2. The van der Waals surface area contributed by atoms with Crippen molar-refractivity contribution in [1.29, 1.82) is 0 Å². The topological polar surface area (TPSA) is 134 Å². The number of fused-ring (bicyclic) bond motifs is 1. The first-order valence-corrected chi connectivity index (χ1v) is 18.4. The Hall–Kier alpha value is -4.23. The monoisotopic (exact) mass is 676 g/mol. The second-order valence-electron chi connectivity index (χ2n) is 12.7. The molecule has 0 unspecified atom stereocenters. The molecular formula is C35H48N8O4S. The van der Waals surface area contributed by atoms with Gasteiger partial charge in [-0.1, -0.05) is 26.0 Å². The highest BCUT2D eigenvalue weighted by Gasteiger charge is 2.27. The van der Waals surface area contributed by atoms with Crippen molar-refractivity contribution in [1.82, 2.24) is 29.4 Å². The second-order valence-corrected chi connectivity index (χ2v) is 15.1. The Labute approximate surface area is 283 Å². The number of amides is 1. The lowest BCUT2D eigenvalue weighted by atomic mass is 9.86. The lowest BCUT2D eigenvalue weighted by Crippen LogP contribution is -2.44. The van der Waals surface area contributed by atoms with E-state index in [9.17, 15) is 13.2 Å². The number of likely N-dealkylation sites (tertiary alicyclic amines) is 1. The van der Waals surface area contributed by atoms with Gasteiger partial charge in [-0.25, -0.2) is 8.42 Å². The van der Waals surface area contributed by atoms with Crippen LogP contribution in [0.15, 0.2) is 53.6 Å². The Balaban J connectivity index is 1.34. The molecule has 4 aromatic rings. The number of piperidine rings is 1. The number of hydrogen-bond donors (Lipinski definition) is 2. The highest BCUT2D eigenvalue weighted by atomic mass is 32.2. The number of sulfone groups is 1. The van der Waals surface area contributed by atoms with Gasteiger partial charge in [-0.3, -0.25) is 9.69 Å². The van der Waals surface area contributed by atoms with Crippen molar-refractivity contribution in [3.63, 3.8) is 0 Å². The molecule has 2 N–H and O–H groups in total. The van der Waals surface area contributed by atoms with E-state index < -0.39 is 15.1 Å². The van der Waals surface area contributed by atoms with Gasteiger partial charge in [-0.05, 0) is 101 Å². The quantitative estimate of drug-likeness (QED) is 0.165. The van der Waals surface area contributed by atoms with Gasteiger partial charge in [0.15, 0.2) is 15.5 Å². The van der Waals surface area contributed by atoms with E-state index in [-0.39, 0.29) is 10.8 Å². The molecule has 1 fully saturated rings. The van der Waals surface area contributed by atoms with Gasteiger partial charge >= 0.3 is 0 Å². The number of aryl methyl sites for hydroxylation is 1. The molecule has 3 heterocycles. The Morgan fingerprint density at radius 2 is 1.73 bits per heavy atom. The zero-order valence-electron chi connectivity index (χ0n) is 28.9. The largest absolute Gasteiger partial charge is 0.495 e. The first kappa shape index (κ1) is 35.1. The van der Waals surface area contributed by atoms with E-state index in [1.165, 1.54) is 10.1 Å². The minimum atomic E-state index is -3.56. The van der Waals surface area contributed by atoms with Gasteiger partial charge in [0, 0.05) is 19.2 Å². The van der Waals surface area contributed by atoms with Crippen LogP contribution in [0.25, 0.3) is 5.65 Å². The summed E-state index contributed by atoms with van der Waals surface area (Å²) >= 11 is 0. The molecule has 1 aliphatic heterocycles. The van der Waals surface area contributed by atoms with Crippen molar-refractivity contribution in [2.24, 2.45) is 0 Å². The maximum Gasteiger partial charge on any atom is 0.236 e. The number of carbonyl (C=O) groups is 1. The summed E-state index contributed by atoms with van der Waals surface area (Å²) in [5.74, 6) is 1.80. The van der Waals surface area contributed by atoms with Crippen LogP contribution in [-0.2, 0) is 14.6 Å². The molecular weight excluding hydrogens is 629 g/mol. The molecule has 13 heteroatoms. The van der Waals surface area contributed by atoms with Crippen LogP contribution in [0.4, 0.5) is 23.3 Å². The van der Waals surface area contributed by atoms with Crippen LogP contribution < -0.4 is 15.4 Å².